The van der Waals surface area contributed by atoms with Crippen LogP contribution in [0.2, 0.25) is 0 Å². The number of ether oxygens (including phenoxy) is 1. The Bertz CT molecular complexity index is 404. The highest BCUT2D eigenvalue weighted by molar-refractivity contribution is 5.79. The maximum atomic E-state index is 12.0. The van der Waals surface area contributed by atoms with Crippen LogP contribution in [0.4, 0.5) is 5.69 Å². The maximum Gasteiger partial charge on any atom is 0.328 e. The number of hydrogen-bond acceptors (Lipinski definition) is 3. The fraction of sp³-hybridized carbons (Fsp3) is 0.588. The average Bonchev–Trinajstić information content (AvgIpc) is 2.44. The van der Waals surface area contributed by atoms with E-state index in [1.165, 1.54) is 19.3 Å². The highest BCUT2D eigenvalue weighted by Crippen LogP contribution is 2.17. The molecular formula is C17H27NO2. The predicted molar refractivity (Wildman–Crippen MR) is 84.0 cm³/mol. The van der Waals surface area contributed by atoms with Gasteiger partial charge in [0.25, 0.3) is 0 Å². The Morgan fingerprint density at radius 3 is 2.60 bits per heavy atom. The lowest BCUT2D eigenvalue weighted by Crippen LogP contribution is -2.31. The Hall–Kier alpha value is -1.51. The largest absolute Gasteiger partial charge is 0.464 e. The van der Waals surface area contributed by atoms with Crippen molar-refractivity contribution in [3.8, 4) is 0 Å². The van der Waals surface area contributed by atoms with Crippen molar-refractivity contribution in [3.63, 3.8) is 0 Å². The third-order valence-corrected chi connectivity index (χ3v) is 3.39. The zero-order valence-corrected chi connectivity index (χ0v) is 12.9. The minimum absolute atomic E-state index is 0.146. The van der Waals surface area contributed by atoms with Crippen LogP contribution in [-0.4, -0.2) is 18.6 Å². The number of nitrogens with one attached hydrogen (secondary N) is 1. The Labute approximate surface area is 122 Å². The van der Waals surface area contributed by atoms with Crippen LogP contribution >= 0.6 is 0 Å². The molecule has 0 heterocycles. The summed E-state index contributed by atoms with van der Waals surface area (Å²) in [7, 11) is 0. The van der Waals surface area contributed by atoms with Crippen LogP contribution in [0.15, 0.2) is 24.3 Å². The van der Waals surface area contributed by atoms with Gasteiger partial charge in [-0.15, -0.1) is 0 Å². The van der Waals surface area contributed by atoms with Crippen molar-refractivity contribution in [1.29, 1.82) is 0 Å². The van der Waals surface area contributed by atoms with Gasteiger partial charge in [-0.1, -0.05) is 50.8 Å². The van der Waals surface area contributed by atoms with Gasteiger partial charge in [0.05, 0.1) is 6.61 Å². The first-order valence-corrected chi connectivity index (χ1v) is 7.67. The van der Waals surface area contributed by atoms with E-state index in [4.69, 9.17) is 4.74 Å². The third-order valence-electron chi connectivity index (χ3n) is 3.39. The van der Waals surface area contributed by atoms with Gasteiger partial charge < -0.3 is 10.1 Å². The number of carbonyl (C=O) groups is 1. The zero-order chi connectivity index (χ0) is 14.8. The quantitative estimate of drug-likeness (QED) is 0.540. The Balaban J connectivity index is 2.62. The van der Waals surface area contributed by atoms with Gasteiger partial charge in [0.2, 0.25) is 0 Å². The number of unbranched alkanes of at least 4 members (excludes halogenated alkanes) is 3. The number of hydrogen-bond donors (Lipinski definition) is 1. The van der Waals surface area contributed by atoms with Gasteiger partial charge >= 0.3 is 5.97 Å². The van der Waals surface area contributed by atoms with Crippen molar-refractivity contribution in [1.82, 2.24) is 0 Å². The van der Waals surface area contributed by atoms with Crippen LogP contribution in [0, 0.1) is 6.92 Å². The summed E-state index contributed by atoms with van der Waals surface area (Å²) in [5.74, 6) is -0.146. The summed E-state index contributed by atoms with van der Waals surface area (Å²) in [6.07, 6.45) is 5.47. The molecule has 0 aliphatic carbocycles. The summed E-state index contributed by atoms with van der Waals surface area (Å²) >= 11 is 0. The van der Waals surface area contributed by atoms with E-state index < -0.39 is 0 Å². The first-order chi connectivity index (χ1) is 9.69. The molecule has 1 atom stereocenters. The van der Waals surface area contributed by atoms with Gasteiger partial charge in [0.1, 0.15) is 6.04 Å². The molecule has 1 rings (SSSR count). The van der Waals surface area contributed by atoms with E-state index in [1.807, 2.05) is 38.1 Å². The highest BCUT2D eigenvalue weighted by Gasteiger charge is 2.19. The van der Waals surface area contributed by atoms with Gasteiger partial charge in [-0.05, 0) is 31.9 Å². The van der Waals surface area contributed by atoms with Crippen molar-refractivity contribution in [2.45, 2.75) is 58.9 Å². The molecule has 0 aliphatic rings. The van der Waals surface area contributed by atoms with E-state index in [0.717, 1.165) is 24.1 Å². The number of carbonyl (C=O) groups excluding carboxylic acids is 1. The van der Waals surface area contributed by atoms with Gasteiger partial charge in [-0.3, -0.25) is 0 Å². The second kappa shape index (κ2) is 9.40. The molecule has 0 saturated heterocycles. The van der Waals surface area contributed by atoms with Crippen molar-refractivity contribution in [3.05, 3.63) is 29.8 Å². The summed E-state index contributed by atoms with van der Waals surface area (Å²) in [5.41, 5.74) is 2.16. The van der Waals surface area contributed by atoms with E-state index in [1.54, 1.807) is 0 Å². The molecule has 20 heavy (non-hydrogen) atoms. The average molecular weight is 277 g/mol. The van der Waals surface area contributed by atoms with Crippen molar-refractivity contribution >= 4 is 11.7 Å². The van der Waals surface area contributed by atoms with E-state index in [-0.39, 0.29) is 12.0 Å². The van der Waals surface area contributed by atoms with Gasteiger partial charge in [-0.25, -0.2) is 4.79 Å². The SMILES string of the molecule is CCCCCCC(Nc1ccccc1C)C(=O)OCC. The fourth-order valence-electron chi connectivity index (χ4n) is 2.19. The monoisotopic (exact) mass is 277 g/mol. The smallest absolute Gasteiger partial charge is 0.328 e. The Morgan fingerprint density at radius 2 is 1.95 bits per heavy atom. The third kappa shape index (κ3) is 5.64. The molecule has 0 fully saturated rings. The van der Waals surface area contributed by atoms with Gasteiger partial charge in [0.15, 0.2) is 0 Å². The zero-order valence-electron chi connectivity index (χ0n) is 12.9. The van der Waals surface area contributed by atoms with Crippen LogP contribution in [0.5, 0.6) is 0 Å². The second-order valence-electron chi connectivity index (χ2n) is 5.11. The van der Waals surface area contributed by atoms with Crippen molar-refractivity contribution < 1.29 is 9.53 Å². The maximum absolute atomic E-state index is 12.0. The molecule has 112 valence electrons. The number of rotatable bonds is 9. The Kier molecular flexibility index (Phi) is 7.78. The molecule has 1 aromatic rings. The number of para-hydroxylation sites is 1. The summed E-state index contributed by atoms with van der Waals surface area (Å²) in [6.45, 7) is 6.51. The number of esters is 1. The minimum atomic E-state index is -0.243. The van der Waals surface area contributed by atoms with E-state index in [2.05, 4.69) is 12.2 Å². The first-order valence-electron chi connectivity index (χ1n) is 7.67. The molecule has 0 bridgehead atoms. The molecule has 0 aliphatic heterocycles. The van der Waals surface area contributed by atoms with Gasteiger partial charge in [-0.2, -0.15) is 0 Å². The molecule has 1 unspecified atom stereocenters. The molecule has 0 radical (unpaired) electrons. The highest BCUT2D eigenvalue weighted by atomic mass is 16.5. The lowest BCUT2D eigenvalue weighted by atomic mass is 10.1. The lowest BCUT2D eigenvalue weighted by Gasteiger charge is -2.19. The van der Waals surface area contributed by atoms with Gasteiger partial charge in [0, 0.05) is 5.69 Å². The summed E-state index contributed by atoms with van der Waals surface area (Å²) in [5, 5.41) is 3.33. The normalized spacial score (nSPS) is 11.9. The van der Waals surface area contributed by atoms with Crippen LogP contribution in [0.25, 0.3) is 0 Å². The van der Waals surface area contributed by atoms with E-state index >= 15 is 0 Å². The molecule has 0 aromatic heterocycles. The molecule has 0 spiro atoms. The second-order valence-corrected chi connectivity index (χ2v) is 5.11. The standard InChI is InChI=1S/C17H27NO2/c1-4-6-7-8-13-16(17(19)20-5-2)18-15-12-10-9-11-14(15)3/h9-12,16,18H,4-8,13H2,1-3H3. The number of benzene rings is 1. The summed E-state index contributed by atoms with van der Waals surface area (Å²) < 4.78 is 5.17. The molecule has 3 heteroatoms. The first kappa shape index (κ1) is 16.5. The molecule has 0 saturated carbocycles. The van der Waals surface area contributed by atoms with E-state index in [9.17, 15) is 4.79 Å². The molecule has 1 N–H and O–H groups in total. The van der Waals surface area contributed by atoms with Crippen LogP contribution < -0.4 is 5.32 Å². The van der Waals surface area contributed by atoms with Crippen LogP contribution in [0.3, 0.4) is 0 Å². The van der Waals surface area contributed by atoms with Crippen molar-refractivity contribution in [2.75, 3.05) is 11.9 Å². The number of aryl methyl sites for hydroxylation is 1. The van der Waals surface area contributed by atoms with E-state index in [0.29, 0.717) is 6.61 Å². The van der Waals surface area contributed by atoms with Crippen molar-refractivity contribution in [2.24, 2.45) is 0 Å². The number of anilines is 1. The Morgan fingerprint density at radius 1 is 1.20 bits per heavy atom. The molecule has 0 amide bonds. The van der Waals surface area contributed by atoms with Crippen LogP contribution in [0.1, 0.15) is 51.5 Å². The predicted octanol–water partition coefficient (Wildman–Crippen LogP) is 4.31. The lowest BCUT2D eigenvalue weighted by molar-refractivity contribution is -0.144. The fourth-order valence-corrected chi connectivity index (χ4v) is 2.19. The molecular weight excluding hydrogens is 250 g/mol. The summed E-state index contributed by atoms with van der Waals surface area (Å²) in [4.78, 5) is 12.0. The molecule has 1 aromatic carbocycles. The summed E-state index contributed by atoms with van der Waals surface area (Å²) in [6, 6.07) is 7.79. The topological polar surface area (TPSA) is 38.3 Å². The van der Waals surface area contributed by atoms with Crippen LogP contribution in [-0.2, 0) is 9.53 Å². The molecule has 3 nitrogen and oxygen atoms in total. The minimum Gasteiger partial charge on any atom is -0.464 e.